The second kappa shape index (κ2) is 8.73. The van der Waals surface area contributed by atoms with Crippen LogP contribution in [0.4, 0.5) is 4.39 Å². The number of carbonyl (C=O) groups is 2. The molecule has 1 aromatic carbocycles. The van der Waals surface area contributed by atoms with Crippen LogP contribution >= 0.6 is 0 Å². The molecule has 0 unspecified atom stereocenters. The van der Waals surface area contributed by atoms with E-state index < -0.39 is 27.7 Å². The molecule has 1 aromatic heterocycles. The van der Waals surface area contributed by atoms with Gasteiger partial charge in [0.05, 0.1) is 6.42 Å². The fourth-order valence-electron chi connectivity index (χ4n) is 2.26. The number of hydrazine groups is 1. The van der Waals surface area contributed by atoms with Crippen LogP contribution in [-0.4, -0.2) is 31.9 Å². The Kier molecular flexibility index (Phi) is 6.64. The summed E-state index contributed by atoms with van der Waals surface area (Å²) < 4.78 is 44.2. The average Bonchev–Trinajstić information content (AvgIpc) is 2.94. The van der Waals surface area contributed by atoms with Gasteiger partial charge in [0.25, 0.3) is 0 Å². The molecule has 0 aliphatic carbocycles. The third-order valence-corrected chi connectivity index (χ3v) is 5.20. The van der Waals surface area contributed by atoms with Gasteiger partial charge in [-0.2, -0.15) is 0 Å². The van der Waals surface area contributed by atoms with Crippen molar-refractivity contribution < 1.29 is 26.9 Å². The number of nitrogens with one attached hydrogen (secondary N) is 3. The van der Waals surface area contributed by atoms with Crippen LogP contribution in [0.25, 0.3) is 0 Å². The van der Waals surface area contributed by atoms with Gasteiger partial charge in [-0.05, 0) is 31.5 Å². The molecule has 0 radical (unpaired) electrons. The van der Waals surface area contributed by atoms with Gasteiger partial charge in [-0.15, -0.1) is 0 Å². The van der Waals surface area contributed by atoms with Crippen LogP contribution in [0.3, 0.4) is 0 Å². The smallest absolute Gasteiger partial charge is 0.245 e. The highest BCUT2D eigenvalue weighted by Gasteiger charge is 2.23. The Morgan fingerprint density at radius 1 is 1.11 bits per heavy atom. The van der Waals surface area contributed by atoms with Gasteiger partial charge in [-0.1, -0.05) is 17.3 Å². The number of rotatable bonds is 7. The molecule has 3 N–H and O–H groups in total. The Morgan fingerprint density at radius 2 is 1.74 bits per heavy atom. The summed E-state index contributed by atoms with van der Waals surface area (Å²) in [6, 6.07) is 5.37. The van der Waals surface area contributed by atoms with E-state index in [0.29, 0.717) is 5.56 Å². The zero-order valence-electron chi connectivity index (χ0n) is 14.7. The van der Waals surface area contributed by atoms with E-state index in [1.54, 1.807) is 0 Å². The first-order valence-electron chi connectivity index (χ1n) is 7.93. The van der Waals surface area contributed by atoms with E-state index in [1.807, 2.05) is 0 Å². The Morgan fingerprint density at radius 3 is 2.33 bits per heavy atom. The second-order valence-electron chi connectivity index (χ2n) is 5.70. The molecule has 0 saturated heterocycles. The zero-order chi connectivity index (χ0) is 20.0. The summed E-state index contributed by atoms with van der Waals surface area (Å²) in [5, 5.41) is 3.57. The molecule has 27 heavy (non-hydrogen) atoms. The van der Waals surface area contributed by atoms with Crippen LogP contribution in [0.2, 0.25) is 0 Å². The minimum Gasteiger partial charge on any atom is -0.360 e. The van der Waals surface area contributed by atoms with E-state index in [-0.39, 0.29) is 35.7 Å². The van der Waals surface area contributed by atoms with E-state index in [9.17, 15) is 22.4 Å². The monoisotopic (exact) mass is 398 g/mol. The van der Waals surface area contributed by atoms with Gasteiger partial charge in [0.1, 0.15) is 16.4 Å². The van der Waals surface area contributed by atoms with Crippen molar-refractivity contribution in [3.05, 3.63) is 47.1 Å². The number of hydrogen-bond donors (Lipinski definition) is 3. The van der Waals surface area contributed by atoms with Gasteiger partial charge in [0, 0.05) is 13.0 Å². The van der Waals surface area contributed by atoms with Crippen LogP contribution in [0.15, 0.2) is 33.7 Å². The van der Waals surface area contributed by atoms with Gasteiger partial charge in [-0.25, -0.2) is 17.5 Å². The first-order chi connectivity index (χ1) is 12.7. The summed E-state index contributed by atoms with van der Waals surface area (Å²) in [5.74, 6) is -1.33. The molecule has 2 aromatic rings. The lowest BCUT2D eigenvalue weighted by Crippen LogP contribution is -2.43. The third-order valence-electron chi connectivity index (χ3n) is 3.50. The quantitative estimate of drug-likeness (QED) is 0.582. The molecule has 1 heterocycles. The maximum Gasteiger partial charge on any atom is 0.245 e. The van der Waals surface area contributed by atoms with Crippen molar-refractivity contribution in [1.82, 2.24) is 20.7 Å². The molecule has 11 heteroatoms. The highest BCUT2D eigenvalue weighted by atomic mass is 32.2. The first-order valence-corrected chi connectivity index (χ1v) is 9.42. The van der Waals surface area contributed by atoms with Gasteiger partial charge in [0.15, 0.2) is 5.76 Å². The number of nitrogens with zero attached hydrogens (tertiary/aromatic N) is 1. The number of hydrogen-bond acceptors (Lipinski definition) is 6. The fourth-order valence-corrected chi connectivity index (χ4v) is 3.62. The fraction of sp³-hybridized carbons (Fsp3) is 0.312. The predicted octanol–water partition coefficient (Wildman–Crippen LogP) is 0.489. The van der Waals surface area contributed by atoms with Crippen molar-refractivity contribution in [3.63, 3.8) is 0 Å². The SMILES string of the molecule is Cc1noc(C)c1S(=O)(=O)NCCC(=O)NNC(=O)Cc1ccc(F)cc1. The molecule has 9 nitrogen and oxygen atoms in total. The van der Waals surface area contributed by atoms with Crippen LogP contribution < -0.4 is 15.6 Å². The van der Waals surface area contributed by atoms with Crippen molar-refractivity contribution in [1.29, 1.82) is 0 Å². The highest BCUT2D eigenvalue weighted by Crippen LogP contribution is 2.18. The number of carbonyl (C=O) groups excluding carboxylic acids is 2. The molecular weight excluding hydrogens is 379 g/mol. The predicted molar refractivity (Wildman–Crippen MR) is 92.2 cm³/mol. The number of amides is 2. The lowest BCUT2D eigenvalue weighted by atomic mass is 10.1. The van der Waals surface area contributed by atoms with Crippen LogP contribution in [0, 0.1) is 19.7 Å². The molecule has 146 valence electrons. The molecule has 2 amide bonds. The summed E-state index contributed by atoms with van der Waals surface area (Å²) in [6.45, 7) is 2.79. The summed E-state index contributed by atoms with van der Waals surface area (Å²) >= 11 is 0. The Bertz CT molecular complexity index is 905. The normalized spacial score (nSPS) is 11.2. The van der Waals surface area contributed by atoms with Crippen LogP contribution in [0.1, 0.15) is 23.4 Å². The number of benzene rings is 1. The van der Waals surface area contributed by atoms with Crippen molar-refractivity contribution >= 4 is 21.8 Å². The maximum absolute atomic E-state index is 12.8. The van der Waals surface area contributed by atoms with Crippen molar-refractivity contribution in [3.8, 4) is 0 Å². The van der Waals surface area contributed by atoms with E-state index in [0.717, 1.165) is 0 Å². The largest absolute Gasteiger partial charge is 0.360 e. The Hall–Kier alpha value is -2.79. The number of sulfonamides is 1. The second-order valence-corrected chi connectivity index (χ2v) is 7.40. The van der Waals surface area contributed by atoms with Crippen LogP contribution in [0.5, 0.6) is 0 Å². The number of aromatic nitrogens is 1. The summed E-state index contributed by atoms with van der Waals surface area (Å²) in [5.41, 5.74) is 5.18. The van der Waals surface area contributed by atoms with Gasteiger partial charge >= 0.3 is 0 Å². The van der Waals surface area contributed by atoms with Crippen molar-refractivity contribution in [2.24, 2.45) is 0 Å². The number of aryl methyl sites for hydroxylation is 2. The summed E-state index contributed by atoms with van der Waals surface area (Å²) in [6.07, 6.45) is -0.237. The van der Waals surface area contributed by atoms with Crippen LogP contribution in [-0.2, 0) is 26.0 Å². The molecule has 0 bridgehead atoms. The minimum atomic E-state index is -3.85. The van der Waals surface area contributed by atoms with Gasteiger partial charge < -0.3 is 4.52 Å². The lowest BCUT2D eigenvalue weighted by molar-refractivity contribution is -0.128. The minimum absolute atomic E-state index is 0.0424. The molecular formula is C16H19FN4O5S. The highest BCUT2D eigenvalue weighted by molar-refractivity contribution is 7.89. The number of halogens is 1. The molecule has 0 aliphatic rings. The molecule has 0 fully saturated rings. The summed E-state index contributed by atoms with van der Waals surface area (Å²) in [4.78, 5) is 23.4. The lowest BCUT2D eigenvalue weighted by Gasteiger charge is -2.08. The Labute approximate surface area is 155 Å². The third kappa shape index (κ3) is 5.86. The van der Waals surface area contributed by atoms with Crippen molar-refractivity contribution in [2.45, 2.75) is 31.6 Å². The van der Waals surface area contributed by atoms with Crippen molar-refractivity contribution in [2.75, 3.05) is 6.54 Å². The molecule has 0 aliphatic heterocycles. The van der Waals surface area contributed by atoms with E-state index >= 15 is 0 Å². The van der Waals surface area contributed by atoms with Gasteiger partial charge in [-0.3, -0.25) is 20.4 Å². The van der Waals surface area contributed by atoms with E-state index in [1.165, 1.54) is 38.1 Å². The topological polar surface area (TPSA) is 130 Å². The zero-order valence-corrected chi connectivity index (χ0v) is 15.5. The molecule has 0 atom stereocenters. The summed E-state index contributed by atoms with van der Waals surface area (Å²) in [7, 11) is -3.85. The molecule has 2 rings (SSSR count). The van der Waals surface area contributed by atoms with E-state index in [2.05, 4.69) is 20.7 Å². The maximum atomic E-state index is 12.8. The standard InChI is InChI=1S/C16H19FN4O5S/c1-10-16(11(2)26-21-10)27(24,25)18-8-7-14(22)19-20-15(23)9-12-3-5-13(17)6-4-12/h3-6,18H,7-9H2,1-2H3,(H,19,22)(H,20,23). The first kappa shape index (κ1) is 20.5. The average molecular weight is 398 g/mol. The molecule has 0 spiro atoms. The Balaban J connectivity index is 1.74. The molecule has 0 saturated carbocycles. The van der Waals surface area contributed by atoms with E-state index in [4.69, 9.17) is 4.52 Å². The van der Waals surface area contributed by atoms with Gasteiger partial charge in [0.2, 0.25) is 21.8 Å².